The molecule has 0 aromatic heterocycles. The topological polar surface area (TPSA) is 93.1 Å². The zero-order valence-corrected chi connectivity index (χ0v) is 26.5. The van der Waals surface area contributed by atoms with Gasteiger partial charge in [0.15, 0.2) is 5.79 Å². The summed E-state index contributed by atoms with van der Waals surface area (Å²) in [4.78, 5) is 26.5. The number of rotatable bonds is 3. The van der Waals surface area contributed by atoms with Crippen LogP contribution in [0.3, 0.4) is 0 Å². The summed E-state index contributed by atoms with van der Waals surface area (Å²) in [7, 11) is 0. The van der Waals surface area contributed by atoms with E-state index in [1.807, 2.05) is 6.92 Å². The van der Waals surface area contributed by atoms with Crippen molar-refractivity contribution in [1.82, 2.24) is 0 Å². The van der Waals surface area contributed by atoms with Crippen molar-refractivity contribution in [2.75, 3.05) is 6.61 Å². The van der Waals surface area contributed by atoms with Gasteiger partial charge in [-0.25, -0.2) is 4.79 Å². The van der Waals surface area contributed by atoms with E-state index in [4.69, 9.17) is 9.47 Å². The average Bonchev–Trinajstić information content (AvgIpc) is 2.91. The van der Waals surface area contributed by atoms with Gasteiger partial charge in [-0.15, -0.1) is 0 Å². The predicted octanol–water partition coefficient (Wildman–Crippen LogP) is 6.92. The number of carboxylic acid groups (broad SMARTS) is 1. The lowest BCUT2D eigenvalue weighted by atomic mass is 9.32. The molecular weight excluding hydrogens is 516 g/mol. The molecule has 1 spiro atoms. The summed E-state index contributed by atoms with van der Waals surface area (Å²) in [5.74, 6) is -1.18. The smallest absolute Gasteiger partial charge is 0.333 e. The van der Waals surface area contributed by atoms with E-state index in [1.165, 1.54) is 5.57 Å². The van der Waals surface area contributed by atoms with Gasteiger partial charge in [-0.1, -0.05) is 59.3 Å². The van der Waals surface area contributed by atoms with Gasteiger partial charge in [0, 0.05) is 28.7 Å². The Morgan fingerprint density at radius 1 is 1.05 bits per heavy atom. The lowest BCUT2D eigenvalue weighted by molar-refractivity contribution is -0.395. The zero-order valence-electron chi connectivity index (χ0n) is 26.5. The maximum Gasteiger partial charge on any atom is 0.333 e. The van der Waals surface area contributed by atoms with Gasteiger partial charge in [-0.2, -0.15) is 0 Å². The van der Waals surface area contributed by atoms with Crippen molar-refractivity contribution in [2.24, 2.45) is 56.7 Å². The number of carboxylic acids is 1. The Morgan fingerprint density at radius 2 is 1.76 bits per heavy atom. The van der Waals surface area contributed by atoms with Crippen LogP contribution in [0.4, 0.5) is 0 Å². The fourth-order valence-corrected chi connectivity index (χ4v) is 11.8. The van der Waals surface area contributed by atoms with Crippen molar-refractivity contribution in [3.05, 3.63) is 23.3 Å². The number of hydrogen-bond donors (Lipinski definition) is 2. The average molecular weight is 569 g/mol. The molecule has 0 amide bonds. The van der Waals surface area contributed by atoms with E-state index in [0.29, 0.717) is 43.3 Å². The van der Waals surface area contributed by atoms with Crippen molar-refractivity contribution in [1.29, 1.82) is 0 Å². The number of carbonyl (C=O) groups is 2. The molecular formula is C35H52O6. The number of esters is 1. The summed E-state index contributed by atoms with van der Waals surface area (Å²) < 4.78 is 12.5. The Morgan fingerprint density at radius 3 is 2.37 bits per heavy atom. The molecule has 6 nitrogen and oxygen atoms in total. The van der Waals surface area contributed by atoms with Crippen LogP contribution in [0, 0.1) is 56.7 Å². The molecule has 0 unspecified atom stereocenters. The Balaban J connectivity index is 1.45. The zero-order chi connectivity index (χ0) is 30.0. The highest BCUT2D eigenvalue weighted by atomic mass is 16.6. The van der Waals surface area contributed by atoms with Crippen LogP contribution in [0.15, 0.2) is 23.3 Å². The van der Waals surface area contributed by atoms with Crippen molar-refractivity contribution < 1.29 is 29.3 Å². The minimum atomic E-state index is -1.11. The third-order valence-corrected chi connectivity index (χ3v) is 14.9. The van der Waals surface area contributed by atoms with E-state index in [2.05, 4.69) is 47.6 Å². The number of carbonyl (C=O) groups excluding carboxylic acids is 1. The van der Waals surface area contributed by atoms with E-state index in [-0.39, 0.29) is 39.4 Å². The predicted molar refractivity (Wildman–Crippen MR) is 157 cm³/mol. The highest BCUT2D eigenvalue weighted by Gasteiger charge is 2.75. The van der Waals surface area contributed by atoms with Gasteiger partial charge in [0.2, 0.25) is 0 Å². The summed E-state index contributed by atoms with van der Waals surface area (Å²) in [5, 5.41) is 22.5. The van der Waals surface area contributed by atoms with Crippen LogP contribution in [0.25, 0.3) is 0 Å². The van der Waals surface area contributed by atoms with Crippen molar-refractivity contribution >= 4 is 11.9 Å². The third-order valence-electron chi connectivity index (χ3n) is 14.9. The first-order valence-corrected chi connectivity index (χ1v) is 16.2. The highest BCUT2D eigenvalue weighted by Crippen LogP contribution is 2.78. The maximum atomic E-state index is 13.5. The Hall–Kier alpha value is -1.66. The molecule has 41 heavy (non-hydrogen) atoms. The number of allylic oxidation sites excluding steroid dienone is 3. The molecule has 2 heterocycles. The summed E-state index contributed by atoms with van der Waals surface area (Å²) in [6, 6.07) is 0. The monoisotopic (exact) mass is 568 g/mol. The summed E-state index contributed by atoms with van der Waals surface area (Å²) >= 11 is 0. The van der Waals surface area contributed by atoms with Crippen LogP contribution in [0.5, 0.6) is 0 Å². The molecule has 7 rings (SSSR count). The third kappa shape index (κ3) is 3.38. The summed E-state index contributed by atoms with van der Waals surface area (Å²) in [5.41, 5.74) is 0.306. The van der Waals surface area contributed by atoms with Crippen LogP contribution < -0.4 is 0 Å². The number of fused-ring (bicyclic) bond motifs is 7. The minimum Gasteiger partial charge on any atom is -0.481 e. The van der Waals surface area contributed by atoms with Crippen molar-refractivity contribution in [2.45, 2.75) is 119 Å². The number of aliphatic carboxylic acids is 1. The SMILES string of the molecule is C/C=C(/C)C(=O)O[C@@H]1C[C@@H](C)[C@H](C)[C@H]2C3=CC[C@@H]4[C@]56CC[C@@](O)(OC5)C(C)(C)[C@H]6CC[C@@]4(C)[C@]3(C)CC[C@]21C(=O)O. The Labute approximate surface area is 246 Å². The van der Waals surface area contributed by atoms with E-state index < -0.39 is 29.2 Å². The van der Waals surface area contributed by atoms with Crippen LogP contribution in [-0.2, 0) is 19.1 Å². The standard InChI is InChI=1S/C35H52O6/c1-9-20(2)28(36)41-26-18-21(3)22(4)27-23-10-11-25-32(8,31(23,7)14-16-34(26,27)29(37)38)13-12-24-30(5,6)35(39)17-15-33(24,25)19-40-35/h9-10,21-22,24-27,39H,11-19H2,1-8H3,(H,37,38)/b20-9-/t21-,22+,24-,25+,26-,27+,31-,32-,33-,34-,35-/m1/s1. The molecule has 11 atom stereocenters. The molecule has 228 valence electrons. The first-order chi connectivity index (χ1) is 19.1. The fraction of sp³-hybridized carbons (Fsp3) is 0.829. The quantitative estimate of drug-likeness (QED) is 0.218. The normalized spacial score (nSPS) is 51.8. The van der Waals surface area contributed by atoms with Gasteiger partial charge in [0.25, 0.3) is 0 Å². The molecule has 2 aliphatic heterocycles. The first kappa shape index (κ1) is 29.4. The van der Waals surface area contributed by atoms with Crippen molar-refractivity contribution in [3.8, 4) is 0 Å². The molecule has 6 heteroatoms. The second kappa shape index (κ2) is 8.94. The van der Waals surface area contributed by atoms with Gasteiger partial charge in [-0.05, 0) is 93.3 Å². The molecule has 2 saturated heterocycles. The molecule has 0 radical (unpaired) electrons. The van der Waals surface area contributed by atoms with E-state index in [1.54, 1.807) is 13.0 Å². The molecule has 7 aliphatic rings. The molecule has 5 aliphatic carbocycles. The van der Waals surface area contributed by atoms with Gasteiger partial charge in [0.1, 0.15) is 11.5 Å². The lowest BCUT2D eigenvalue weighted by Gasteiger charge is -2.74. The molecule has 0 aromatic carbocycles. The lowest BCUT2D eigenvalue weighted by Crippen LogP contribution is -2.73. The fourth-order valence-electron chi connectivity index (χ4n) is 11.8. The first-order valence-electron chi connectivity index (χ1n) is 16.2. The molecule has 2 N–H and O–H groups in total. The summed E-state index contributed by atoms with van der Waals surface area (Å²) in [6.45, 7) is 18.0. The van der Waals surface area contributed by atoms with Crippen LogP contribution in [-0.4, -0.2) is 40.6 Å². The second-order valence-corrected chi connectivity index (χ2v) is 16.1. The molecule has 4 saturated carbocycles. The van der Waals surface area contributed by atoms with Crippen LogP contribution in [0.2, 0.25) is 0 Å². The Kier molecular flexibility index (Phi) is 6.41. The molecule has 2 bridgehead atoms. The van der Waals surface area contributed by atoms with E-state index in [9.17, 15) is 19.8 Å². The number of ether oxygens (including phenoxy) is 2. The number of hydrogen-bond acceptors (Lipinski definition) is 5. The van der Waals surface area contributed by atoms with Gasteiger partial charge >= 0.3 is 11.9 Å². The van der Waals surface area contributed by atoms with Gasteiger partial charge < -0.3 is 19.7 Å². The molecule has 6 fully saturated rings. The Bertz CT molecular complexity index is 1200. The summed E-state index contributed by atoms with van der Waals surface area (Å²) in [6.07, 6.45) is 10.2. The van der Waals surface area contributed by atoms with Crippen LogP contribution in [0.1, 0.15) is 107 Å². The second-order valence-electron chi connectivity index (χ2n) is 16.1. The molecule has 0 aromatic rings. The highest BCUT2D eigenvalue weighted by molar-refractivity contribution is 5.88. The van der Waals surface area contributed by atoms with E-state index in [0.717, 1.165) is 32.1 Å². The minimum absolute atomic E-state index is 0.00139. The van der Waals surface area contributed by atoms with Gasteiger partial charge in [-0.3, -0.25) is 4.79 Å². The van der Waals surface area contributed by atoms with Crippen LogP contribution >= 0.6 is 0 Å². The maximum absolute atomic E-state index is 13.5. The van der Waals surface area contributed by atoms with E-state index >= 15 is 0 Å². The largest absolute Gasteiger partial charge is 0.481 e. The van der Waals surface area contributed by atoms with Crippen molar-refractivity contribution in [3.63, 3.8) is 0 Å². The van der Waals surface area contributed by atoms with Gasteiger partial charge in [0.05, 0.1) is 6.61 Å². The number of aliphatic hydroxyl groups is 1.